The number of hydrogen-bond donors (Lipinski definition) is 1. The van der Waals surface area contributed by atoms with Gasteiger partial charge < -0.3 is 5.32 Å². The molecule has 0 aliphatic rings. The summed E-state index contributed by atoms with van der Waals surface area (Å²) in [6.45, 7) is 3.46. The second kappa shape index (κ2) is 5.42. The molecule has 0 spiro atoms. The van der Waals surface area contributed by atoms with Gasteiger partial charge in [0.2, 0.25) is 0 Å². The average molecular weight is 259 g/mol. The SMILES string of the molecule is CNc1ccc(CC(=O)C(C)C)cc1C(F)(F)F. The van der Waals surface area contributed by atoms with Crippen LogP contribution in [0.5, 0.6) is 0 Å². The number of anilines is 1. The van der Waals surface area contributed by atoms with Crippen LogP contribution in [-0.2, 0) is 17.4 Å². The molecule has 0 unspecified atom stereocenters. The van der Waals surface area contributed by atoms with E-state index >= 15 is 0 Å². The molecule has 0 bridgehead atoms. The molecular formula is C13H16F3NO. The van der Waals surface area contributed by atoms with E-state index in [1.165, 1.54) is 13.1 Å². The number of halogens is 3. The van der Waals surface area contributed by atoms with Crippen LogP contribution in [0.2, 0.25) is 0 Å². The van der Waals surface area contributed by atoms with Gasteiger partial charge in [-0.2, -0.15) is 13.2 Å². The molecule has 0 aliphatic carbocycles. The molecule has 0 atom stereocenters. The fourth-order valence-electron chi connectivity index (χ4n) is 1.56. The van der Waals surface area contributed by atoms with Crippen molar-refractivity contribution >= 4 is 11.5 Å². The van der Waals surface area contributed by atoms with Crippen LogP contribution in [0.15, 0.2) is 18.2 Å². The van der Waals surface area contributed by atoms with Crippen molar-refractivity contribution in [2.24, 2.45) is 5.92 Å². The Morgan fingerprint density at radius 3 is 2.39 bits per heavy atom. The lowest BCUT2D eigenvalue weighted by atomic mass is 9.99. The largest absolute Gasteiger partial charge is 0.418 e. The van der Waals surface area contributed by atoms with Crippen molar-refractivity contribution in [2.75, 3.05) is 12.4 Å². The van der Waals surface area contributed by atoms with E-state index in [0.717, 1.165) is 6.07 Å². The maximum Gasteiger partial charge on any atom is 0.418 e. The van der Waals surface area contributed by atoms with Crippen molar-refractivity contribution < 1.29 is 18.0 Å². The summed E-state index contributed by atoms with van der Waals surface area (Å²) in [6, 6.07) is 3.93. The van der Waals surface area contributed by atoms with E-state index in [0.29, 0.717) is 5.56 Å². The summed E-state index contributed by atoms with van der Waals surface area (Å²) in [7, 11) is 1.43. The average Bonchev–Trinajstić information content (AvgIpc) is 2.27. The van der Waals surface area contributed by atoms with Gasteiger partial charge in [0, 0.05) is 25.1 Å². The van der Waals surface area contributed by atoms with Gasteiger partial charge in [0.05, 0.1) is 5.56 Å². The molecule has 18 heavy (non-hydrogen) atoms. The van der Waals surface area contributed by atoms with Crippen LogP contribution in [0.3, 0.4) is 0 Å². The molecule has 5 heteroatoms. The van der Waals surface area contributed by atoms with Crippen LogP contribution >= 0.6 is 0 Å². The van der Waals surface area contributed by atoms with Crippen molar-refractivity contribution in [3.8, 4) is 0 Å². The van der Waals surface area contributed by atoms with Crippen LogP contribution in [0.25, 0.3) is 0 Å². The van der Waals surface area contributed by atoms with Crippen LogP contribution in [-0.4, -0.2) is 12.8 Å². The molecular weight excluding hydrogens is 243 g/mol. The van der Waals surface area contributed by atoms with Gasteiger partial charge in [-0.1, -0.05) is 19.9 Å². The maximum absolute atomic E-state index is 12.8. The second-order valence-electron chi connectivity index (χ2n) is 4.43. The predicted molar refractivity (Wildman–Crippen MR) is 64.5 cm³/mol. The summed E-state index contributed by atoms with van der Waals surface area (Å²) < 4.78 is 38.4. The molecule has 0 amide bonds. The Bertz CT molecular complexity index is 438. The minimum Gasteiger partial charge on any atom is -0.388 e. The topological polar surface area (TPSA) is 29.1 Å². The molecule has 0 saturated carbocycles. The minimum atomic E-state index is -4.42. The zero-order valence-corrected chi connectivity index (χ0v) is 10.6. The zero-order valence-electron chi connectivity index (χ0n) is 10.6. The highest BCUT2D eigenvalue weighted by molar-refractivity contribution is 5.82. The number of benzene rings is 1. The Labute approximate surface area is 104 Å². The zero-order chi connectivity index (χ0) is 13.9. The number of alkyl halides is 3. The first-order valence-electron chi connectivity index (χ1n) is 5.66. The standard InChI is InChI=1S/C13H16F3NO/c1-8(2)12(18)7-9-4-5-11(17-3)10(6-9)13(14,15)16/h4-6,8,17H,7H2,1-3H3. The summed E-state index contributed by atoms with van der Waals surface area (Å²) in [6.07, 6.45) is -4.39. The Kier molecular flexibility index (Phi) is 4.38. The van der Waals surface area contributed by atoms with Crippen LogP contribution in [0.1, 0.15) is 25.0 Å². The van der Waals surface area contributed by atoms with Gasteiger partial charge in [-0.3, -0.25) is 4.79 Å². The summed E-state index contributed by atoms with van der Waals surface area (Å²) in [5, 5.41) is 2.50. The third-order valence-corrected chi connectivity index (χ3v) is 2.68. The molecule has 0 saturated heterocycles. The third kappa shape index (κ3) is 3.48. The summed E-state index contributed by atoms with van der Waals surface area (Å²) in [4.78, 5) is 11.5. The first-order valence-corrected chi connectivity index (χ1v) is 5.66. The number of rotatable bonds is 4. The van der Waals surface area contributed by atoms with E-state index in [-0.39, 0.29) is 23.8 Å². The first-order chi connectivity index (χ1) is 8.25. The number of nitrogens with one attached hydrogen (secondary N) is 1. The smallest absolute Gasteiger partial charge is 0.388 e. The quantitative estimate of drug-likeness (QED) is 0.896. The lowest BCUT2D eigenvalue weighted by Crippen LogP contribution is -2.13. The van der Waals surface area contributed by atoms with E-state index in [1.807, 2.05) is 0 Å². The van der Waals surface area contributed by atoms with Gasteiger partial charge in [-0.05, 0) is 17.7 Å². The molecule has 0 heterocycles. The first kappa shape index (κ1) is 14.5. The highest BCUT2D eigenvalue weighted by atomic mass is 19.4. The Morgan fingerprint density at radius 2 is 1.94 bits per heavy atom. The van der Waals surface area contributed by atoms with Gasteiger partial charge in [0.25, 0.3) is 0 Å². The number of Topliss-reactive ketones (excluding diaryl/α,β-unsaturated/α-hetero) is 1. The monoisotopic (exact) mass is 259 g/mol. The van der Waals surface area contributed by atoms with Gasteiger partial charge in [-0.25, -0.2) is 0 Å². The molecule has 100 valence electrons. The van der Waals surface area contributed by atoms with Crippen molar-refractivity contribution in [3.63, 3.8) is 0 Å². The molecule has 1 aromatic carbocycles. The number of ketones is 1. The Balaban J connectivity index is 3.08. The fourth-order valence-corrected chi connectivity index (χ4v) is 1.56. The second-order valence-corrected chi connectivity index (χ2v) is 4.43. The highest BCUT2D eigenvalue weighted by Gasteiger charge is 2.33. The lowest BCUT2D eigenvalue weighted by Gasteiger charge is -2.14. The lowest BCUT2D eigenvalue weighted by molar-refractivity contribution is -0.137. The van der Waals surface area contributed by atoms with Gasteiger partial charge in [0.1, 0.15) is 5.78 Å². The molecule has 2 nitrogen and oxygen atoms in total. The van der Waals surface area contributed by atoms with Crippen molar-refractivity contribution in [1.29, 1.82) is 0 Å². The Hall–Kier alpha value is -1.52. The molecule has 0 fully saturated rings. The number of carbonyl (C=O) groups excluding carboxylic acids is 1. The van der Waals surface area contributed by atoms with Gasteiger partial charge >= 0.3 is 6.18 Å². The molecule has 0 radical (unpaired) electrons. The minimum absolute atomic E-state index is 0.0169. The maximum atomic E-state index is 12.8. The van der Waals surface area contributed by atoms with Crippen molar-refractivity contribution in [1.82, 2.24) is 0 Å². The molecule has 1 rings (SSSR count). The van der Waals surface area contributed by atoms with E-state index in [9.17, 15) is 18.0 Å². The van der Waals surface area contributed by atoms with E-state index in [2.05, 4.69) is 5.32 Å². The van der Waals surface area contributed by atoms with E-state index in [1.54, 1.807) is 19.9 Å². The number of carbonyl (C=O) groups is 1. The van der Waals surface area contributed by atoms with Crippen LogP contribution in [0, 0.1) is 5.92 Å². The van der Waals surface area contributed by atoms with E-state index < -0.39 is 11.7 Å². The van der Waals surface area contributed by atoms with Crippen LogP contribution in [0.4, 0.5) is 18.9 Å². The summed E-state index contributed by atoms with van der Waals surface area (Å²) in [5.41, 5.74) is -0.331. The normalized spacial score (nSPS) is 11.7. The number of hydrogen-bond acceptors (Lipinski definition) is 2. The van der Waals surface area contributed by atoms with Crippen molar-refractivity contribution in [2.45, 2.75) is 26.4 Å². The van der Waals surface area contributed by atoms with Gasteiger partial charge in [0.15, 0.2) is 0 Å². The predicted octanol–water partition coefficient (Wildman–Crippen LogP) is 3.51. The molecule has 1 aromatic rings. The van der Waals surface area contributed by atoms with E-state index in [4.69, 9.17) is 0 Å². The fraction of sp³-hybridized carbons (Fsp3) is 0.462. The molecule has 0 aliphatic heterocycles. The summed E-state index contributed by atoms with van der Waals surface area (Å²) >= 11 is 0. The summed E-state index contributed by atoms with van der Waals surface area (Å²) in [5.74, 6) is -0.247. The van der Waals surface area contributed by atoms with Crippen LogP contribution < -0.4 is 5.32 Å². The highest BCUT2D eigenvalue weighted by Crippen LogP contribution is 2.35. The van der Waals surface area contributed by atoms with Gasteiger partial charge in [-0.15, -0.1) is 0 Å². The molecule has 1 N–H and O–H groups in total. The van der Waals surface area contributed by atoms with Crippen molar-refractivity contribution in [3.05, 3.63) is 29.3 Å². The Morgan fingerprint density at radius 1 is 1.33 bits per heavy atom. The molecule has 0 aromatic heterocycles. The third-order valence-electron chi connectivity index (χ3n) is 2.68.